The van der Waals surface area contributed by atoms with E-state index in [1.54, 1.807) is 15.9 Å². The van der Waals surface area contributed by atoms with E-state index in [2.05, 4.69) is 118 Å². The highest BCUT2D eigenvalue weighted by molar-refractivity contribution is 7.25. The number of aromatic nitrogens is 4. The first kappa shape index (κ1) is 28.4. The van der Waals surface area contributed by atoms with Crippen LogP contribution in [0.3, 0.4) is 0 Å². The van der Waals surface area contributed by atoms with Crippen LogP contribution in [0, 0.1) is 0 Å². The van der Waals surface area contributed by atoms with Crippen LogP contribution in [0.5, 0.6) is 0 Å². The minimum atomic E-state index is -0.499. The highest BCUT2D eigenvalue weighted by atomic mass is 32.1. The van der Waals surface area contributed by atoms with E-state index in [1.807, 2.05) is 60.7 Å². The molecule has 0 fully saturated rings. The van der Waals surface area contributed by atoms with Crippen molar-refractivity contribution in [3.63, 3.8) is 0 Å². The lowest BCUT2D eigenvalue weighted by molar-refractivity contribution is 1.06. The maximum absolute atomic E-state index is 9.51. The summed E-state index contributed by atoms with van der Waals surface area (Å²) < 4.78 is 81.4. The van der Waals surface area contributed by atoms with Gasteiger partial charge in [0, 0.05) is 64.1 Å². The monoisotopic (exact) mass is 840 g/mol. The highest BCUT2D eigenvalue weighted by Crippen LogP contribution is 2.45. The number of pyridine rings is 1. The molecule has 0 atom stereocenters. The van der Waals surface area contributed by atoms with E-state index in [4.69, 9.17) is 10.5 Å². The van der Waals surface area contributed by atoms with Gasteiger partial charge in [0.1, 0.15) is 5.82 Å². The Morgan fingerprint density at radius 3 is 1.55 bits per heavy atom. The van der Waals surface area contributed by atoms with Crippen molar-refractivity contribution in [2.75, 3.05) is 0 Å². The largest absolute Gasteiger partial charge is 0.309 e. The maximum Gasteiger partial charge on any atom is 0.140 e. The van der Waals surface area contributed by atoms with Crippen LogP contribution in [0.25, 0.3) is 125 Å². The highest BCUT2D eigenvalue weighted by Gasteiger charge is 2.24. The Kier molecular flexibility index (Phi) is 6.04. The summed E-state index contributed by atoms with van der Waals surface area (Å²) in [4.78, 5) is 5.71. The van der Waals surface area contributed by atoms with Crippen LogP contribution in [0.4, 0.5) is 0 Å². The van der Waals surface area contributed by atoms with Gasteiger partial charge in [0.2, 0.25) is 0 Å². The van der Waals surface area contributed by atoms with Gasteiger partial charge in [-0.2, -0.15) is 0 Å². The number of rotatable bonds is 5. The van der Waals surface area contributed by atoms with Gasteiger partial charge in [0.25, 0.3) is 0 Å². The second-order valence-electron chi connectivity index (χ2n) is 16.1. The Hall–Kier alpha value is -8.25. The lowest BCUT2D eigenvalue weighted by atomic mass is 9.94. The molecule has 5 heterocycles. The predicted octanol–water partition coefficient (Wildman–Crippen LogP) is 16.1. The van der Waals surface area contributed by atoms with Crippen LogP contribution in [0.1, 0.15) is 11.0 Å². The first-order chi connectivity index (χ1) is 35.1. The summed E-state index contributed by atoms with van der Waals surface area (Å²) in [6.45, 7) is 0. The van der Waals surface area contributed by atoms with Crippen LogP contribution in [0.2, 0.25) is 0 Å². The van der Waals surface area contributed by atoms with Crippen molar-refractivity contribution in [3.8, 4) is 39.6 Å². The number of hydrogen-bond donors (Lipinski definition) is 0. The van der Waals surface area contributed by atoms with Crippen molar-refractivity contribution < 1.29 is 11.0 Å². The van der Waals surface area contributed by atoms with Crippen LogP contribution < -0.4 is 0 Å². The maximum atomic E-state index is 9.51. The topological polar surface area (TPSA) is 27.7 Å². The van der Waals surface area contributed by atoms with E-state index in [0.29, 0.717) is 17.2 Å². The zero-order chi connectivity index (χ0) is 48.8. The molecule has 9 aromatic carbocycles. The van der Waals surface area contributed by atoms with Crippen LogP contribution in [-0.4, -0.2) is 18.7 Å². The normalized spacial score (nSPS) is 13.8. The molecule has 14 aromatic rings. The third kappa shape index (κ3) is 5.07. The van der Waals surface area contributed by atoms with E-state index in [1.165, 1.54) is 10.1 Å². The van der Waals surface area contributed by atoms with Crippen LogP contribution >= 0.6 is 11.3 Å². The Morgan fingerprint density at radius 2 is 0.922 bits per heavy atom. The second kappa shape index (κ2) is 13.6. The molecule has 4 nitrogen and oxygen atoms in total. The fraction of sp³-hybridized carbons (Fsp3) is 0. The number of hydrogen-bond acceptors (Lipinski definition) is 2. The van der Waals surface area contributed by atoms with Crippen LogP contribution in [0.15, 0.2) is 218 Å². The smallest absolute Gasteiger partial charge is 0.140 e. The molecule has 0 aliphatic carbocycles. The zero-order valence-corrected chi connectivity index (χ0v) is 34.7. The van der Waals surface area contributed by atoms with Crippen molar-refractivity contribution in [1.29, 1.82) is 0 Å². The Bertz CT molecular complexity index is 4510. The van der Waals surface area contributed by atoms with Crippen molar-refractivity contribution in [2.24, 2.45) is 0 Å². The molecule has 0 saturated heterocycles. The van der Waals surface area contributed by atoms with Crippen molar-refractivity contribution in [3.05, 3.63) is 218 Å². The standard InChI is InChI=1S/C59H36N4S/c1-8-24-49-40(16-1)41-17-2-9-25-50(41)61(49)38-35-48(60-58(36-38)63-53-28-12-5-20-44(53)45-21-6-13-29-54(45)63)59-39(37-32-33-47-46-22-7-14-31-56(46)64-57(47)34-37)23-15-30-55(59)62-51-26-10-3-18-42(51)43-19-4-11-27-52(43)62/h1-36H/i1D,2D,8D,9D,16D,17D,24D,25D. The summed E-state index contributed by atoms with van der Waals surface area (Å²) in [6.07, 6.45) is 0. The van der Waals surface area contributed by atoms with Gasteiger partial charge in [-0.15, -0.1) is 11.3 Å². The van der Waals surface area contributed by atoms with Gasteiger partial charge in [-0.05, 0) is 71.7 Å². The van der Waals surface area contributed by atoms with E-state index < -0.39 is 36.3 Å². The third-order valence-electron chi connectivity index (χ3n) is 12.7. The molecule has 0 saturated carbocycles. The van der Waals surface area contributed by atoms with Crippen LogP contribution in [-0.2, 0) is 0 Å². The molecule has 0 bridgehead atoms. The summed E-state index contributed by atoms with van der Waals surface area (Å²) in [6, 6.07) is 54.5. The molecule has 0 amide bonds. The first-order valence-electron chi connectivity index (χ1n) is 25.1. The molecule has 5 aromatic heterocycles. The predicted molar refractivity (Wildman–Crippen MR) is 271 cm³/mol. The number of para-hydroxylation sites is 6. The van der Waals surface area contributed by atoms with E-state index >= 15 is 0 Å². The molecule has 298 valence electrons. The van der Waals surface area contributed by atoms with Crippen molar-refractivity contribution >= 4 is 96.9 Å². The van der Waals surface area contributed by atoms with Gasteiger partial charge in [0.05, 0.1) is 61.1 Å². The third-order valence-corrected chi connectivity index (χ3v) is 13.8. The fourth-order valence-electron chi connectivity index (χ4n) is 10.0. The fourth-order valence-corrected chi connectivity index (χ4v) is 11.2. The number of thiophene rings is 1. The summed E-state index contributed by atoms with van der Waals surface area (Å²) in [5.41, 5.74) is 8.16. The minimum Gasteiger partial charge on any atom is -0.309 e. The quantitative estimate of drug-likeness (QED) is 0.170. The Morgan fingerprint density at radius 1 is 0.391 bits per heavy atom. The molecule has 64 heavy (non-hydrogen) atoms. The molecule has 5 heteroatoms. The summed E-state index contributed by atoms with van der Waals surface area (Å²) in [5, 5.41) is 6.53. The molecule has 14 rings (SSSR count). The van der Waals surface area contributed by atoms with Gasteiger partial charge in [-0.1, -0.05) is 152 Å². The average molecular weight is 841 g/mol. The summed E-state index contributed by atoms with van der Waals surface area (Å²) >= 11 is 1.74. The molecule has 0 radical (unpaired) electrons. The van der Waals surface area contributed by atoms with Crippen molar-refractivity contribution in [1.82, 2.24) is 18.7 Å². The number of fused-ring (bicyclic) bond motifs is 12. The Balaban J connectivity index is 1.19. The van der Waals surface area contributed by atoms with Gasteiger partial charge >= 0.3 is 0 Å². The first-order valence-corrected chi connectivity index (χ1v) is 22.0. The summed E-state index contributed by atoms with van der Waals surface area (Å²) in [7, 11) is 0. The van der Waals surface area contributed by atoms with Gasteiger partial charge < -0.3 is 9.13 Å². The summed E-state index contributed by atoms with van der Waals surface area (Å²) in [5.74, 6) is 0.486. The molecular formula is C59H36N4S. The minimum absolute atomic E-state index is 0.00258. The number of nitrogens with zero attached hydrogens (tertiary/aromatic N) is 4. The van der Waals surface area contributed by atoms with Gasteiger partial charge in [0.15, 0.2) is 0 Å². The number of benzene rings is 9. The molecule has 0 aliphatic heterocycles. The molecule has 0 aliphatic rings. The Labute approximate surface area is 383 Å². The molecular weight excluding hydrogens is 797 g/mol. The SMILES string of the molecule is [2H]c1c([2H])c([2H])c2c(c1[2H])c1c([2H])c([2H])c([2H])c([2H])c1n2-c1cc(-c2c(-c3ccc4c(c3)sc3ccccc34)cccc2-n2c3ccccc3c3ccccc32)nc(-n2c3ccccc3c3ccccc32)c1. The zero-order valence-electron chi connectivity index (χ0n) is 41.9. The molecule has 0 unspecified atom stereocenters. The lowest BCUT2D eigenvalue weighted by Gasteiger charge is -2.20. The van der Waals surface area contributed by atoms with E-state index in [0.717, 1.165) is 76.1 Å². The van der Waals surface area contributed by atoms with Gasteiger partial charge in [-0.3, -0.25) is 4.57 Å². The van der Waals surface area contributed by atoms with E-state index in [-0.39, 0.29) is 33.9 Å². The second-order valence-corrected chi connectivity index (χ2v) is 17.2. The van der Waals surface area contributed by atoms with Crippen molar-refractivity contribution in [2.45, 2.75) is 0 Å². The average Bonchev–Trinajstić information content (AvgIpc) is 4.17. The van der Waals surface area contributed by atoms with E-state index in [9.17, 15) is 5.48 Å². The molecule has 0 N–H and O–H groups in total. The molecule has 0 spiro atoms. The lowest BCUT2D eigenvalue weighted by Crippen LogP contribution is -2.05. The van der Waals surface area contributed by atoms with Gasteiger partial charge in [-0.25, -0.2) is 4.98 Å².